The Kier molecular flexibility index (Phi) is 4.04. The van der Waals surface area contributed by atoms with Crippen molar-refractivity contribution in [1.82, 2.24) is 4.98 Å². The van der Waals surface area contributed by atoms with Gasteiger partial charge in [0.1, 0.15) is 5.75 Å². The van der Waals surface area contributed by atoms with Crippen LogP contribution in [0, 0.1) is 0 Å². The topological polar surface area (TPSA) is 42.4 Å². The number of anilines is 1. The number of pyridine rings is 1. The van der Waals surface area contributed by atoms with Crippen molar-refractivity contribution >= 4 is 33.4 Å². The lowest BCUT2D eigenvalue weighted by Crippen LogP contribution is -2.27. The van der Waals surface area contributed by atoms with Gasteiger partial charge in [0.2, 0.25) is 0 Å². The third-order valence-electron chi connectivity index (χ3n) is 4.97. The van der Waals surface area contributed by atoms with E-state index in [4.69, 9.17) is 9.72 Å². The minimum absolute atomic E-state index is 0.0864. The number of benzene rings is 2. The summed E-state index contributed by atoms with van der Waals surface area (Å²) in [5.41, 5.74) is 3.48. The van der Waals surface area contributed by atoms with Gasteiger partial charge in [-0.1, -0.05) is 32.3 Å². The first-order valence-electron chi connectivity index (χ1n) is 8.97. The second-order valence-electron chi connectivity index (χ2n) is 6.56. The fourth-order valence-electron chi connectivity index (χ4n) is 3.69. The lowest BCUT2D eigenvalue weighted by molar-refractivity contribution is 0.0994. The maximum absolute atomic E-state index is 13.2. The predicted molar refractivity (Wildman–Crippen MR) is 102 cm³/mol. The first-order chi connectivity index (χ1) is 12.2. The monoisotopic (exact) mass is 334 g/mol. The Hall–Kier alpha value is -2.62. The summed E-state index contributed by atoms with van der Waals surface area (Å²) in [6, 6.07) is 11.7. The van der Waals surface area contributed by atoms with Crippen LogP contribution in [0.5, 0.6) is 5.75 Å². The van der Waals surface area contributed by atoms with Gasteiger partial charge in [-0.05, 0) is 36.8 Å². The van der Waals surface area contributed by atoms with E-state index in [9.17, 15) is 4.79 Å². The number of aromatic nitrogens is 1. The minimum Gasteiger partial charge on any atom is -0.497 e. The maximum Gasteiger partial charge on any atom is 0.259 e. The zero-order valence-corrected chi connectivity index (χ0v) is 14.7. The van der Waals surface area contributed by atoms with Crippen molar-refractivity contribution < 1.29 is 9.53 Å². The molecule has 2 heterocycles. The average molecular weight is 334 g/mol. The number of rotatable bonds is 6. The molecule has 128 valence electrons. The molecular formula is C21H22N2O2. The molecule has 0 spiro atoms. The molecular weight excluding hydrogens is 312 g/mol. The van der Waals surface area contributed by atoms with Crippen molar-refractivity contribution in [2.24, 2.45) is 0 Å². The molecule has 1 aliphatic heterocycles. The van der Waals surface area contributed by atoms with E-state index in [-0.39, 0.29) is 5.91 Å². The molecule has 0 N–H and O–H groups in total. The standard InChI is InChI=1S/C21H22N2O2/c1-3-4-5-6-12-23-18-9-7-8-17-20(18)19(21(23)24)15-13-14(25-2)10-11-16(15)22-17/h7-11,13H,3-6,12H2,1-2H3. The number of hydrogen-bond donors (Lipinski definition) is 0. The third kappa shape index (κ3) is 2.53. The number of hydrogen-bond acceptors (Lipinski definition) is 3. The Bertz CT molecular complexity index is 965. The molecule has 2 aromatic carbocycles. The van der Waals surface area contributed by atoms with Gasteiger partial charge in [0.05, 0.1) is 29.4 Å². The summed E-state index contributed by atoms with van der Waals surface area (Å²) in [6.45, 7) is 2.96. The van der Waals surface area contributed by atoms with Crippen molar-refractivity contribution in [2.45, 2.75) is 32.6 Å². The number of amides is 1. The number of nitrogens with zero attached hydrogens (tertiary/aromatic N) is 2. The summed E-state index contributed by atoms with van der Waals surface area (Å²) in [5, 5.41) is 1.85. The van der Waals surface area contributed by atoms with Crippen molar-refractivity contribution in [1.29, 1.82) is 0 Å². The Morgan fingerprint density at radius 1 is 1.08 bits per heavy atom. The molecule has 3 aromatic rings. The van der Waals surface area contributed by atoms with Gasteiger partial charge in [0.15, 0.2) is 0 Å². The van der Waals surface area contributed by atoms with Crippen LogP contribution in [0.2, 0.25) is 0 Å². The molecule has 4 rings (SSSR count). The lowest BCUT2D eigenvalue weighted by atomic mass is 10.0. The van der Waals surface area contributed by atoms with Crippen LogP contribution in [0.25, 0.3) is 21.8 Å². The fourth-order valence-corrected chi connectivity index (χ4v) is 3.69. The van der Waals surface area contributed by atoms with Gasteiger partial charge in [-0.25, -0.2) is 4.98 Å². The molecule has 1 amide bonds. The third-order valence-corrected chi connectivity index (χ3v) is 4.97. The van der Waals surface area contributed by atoms with Gasteiger partial charge in [-0.2, -0.15) is 0 Å². The second kappa shape index (κ2) is 6.36. The van der Waals surface area contributed by atoms with Crippen molar-refractivity contribution in [3.63, 3.8) is 0 Å². The van der Waals surface area contributed by atoms with E-state index in [2.05, 4.69) is 6.92 Å². The quantitative estimate of drug-likeness (QED) is 0.474. The van der Waals surface area contributed by atoms with Crippen LogP contribution in [0.4, 0.5) is 5.69 Å². The second-order valence-corrected chi connectivity index (χ2v) is 6.56. The number of unbranched alkanes of at least 4 members (excludes halogenated alkanes) is 3. The summed E-state index contributed by atoms with van der Waals surface area (Å²) >= 11 is 0. The summed E-state index contributed by atoms with van der Waals surface area (Å²) in [7, 11) is 1.64. The van der Waals surface area contributed by atoms with Gasteiger partial charge in [0, 0.05) is 17.3 Å². The van der Waals surface area contributed by atoms with Crippen molar-refractivity contribution in [2.75, 3.05) is 18.6 Å². The largest absolute Gasteiger partial charge is 0.497 e. The molecule has 0 saturated carbocycles. The Labute approximate surface area is 147 Å². The number of carbonyl (C=O) groups is 1. The fraction of sp³-hybridized carbons (Fsp3) is 0.333. The van der Waals surface area contributed by atoms with Crippen LogP contribution in [-0.4, -0.2) is 24.5 Å². The molecule has 0 bridgehead atoms. The number of ether oxygens (including phenoxy) is 1. The predicted octanol–water partition coefficient (Wildman–Crippen LogP) is 4.94. The molecule has 0 atom stereocenters. The van der Waals surface area contributed by atoms with Crippen LogP contribution >= 0.6 is 0 Å². The first kappa shape index (κ1) is 15.9. The Morgan fingerprint density at radius 3 is 2.76 bits per heavy atom. The van der Waals surface area contributed by atoms with Gasteiger partial charge >= 0.3 is 0 Å². The summed E-state index contributed by atoms with van der Waals surface area (Å²) < 4.78 is 5.35. The van der Waals surface area contributed by atoms with Crippen LogP contribution in [0.3, 0.4) is 0 Å². The number of methoxy groups -OCH3 is 1. The van der Waals surface area contributed by atoms with Gasteiger partial charge in [0.25, 0.3) is 5.91 Å². The Balaban J connectivity index is 1.85. The Morgan fingerprint density at radius 2 is 1.96 bits per heavy atom. The first-order valence-corrected chi connectivity index (χ1v) is 8.97. The van der Waals surface area contributed by atoms with E-state index in [0.717, 1.165) is 58.2 Å². The van der Waals surface area contributed by atoms with Crippen molar-refractivity contribution in [3.05, 3.63) is 42.0 Å². The molecule has 25 heavy (non-hydrogen) atoms. The van der Waals surface area contributed by atoms with Crippen LogP contribution in [-0.2, 0) is 0 Å². The molecule has 0 saturated heterocycles. The minimum atomic E-state index is 0.0864. The van der Waals surface area contributed by atoms with Crippen LogP contribution in [0.1, 0.15) is 43.0 Å². The van der Waals surface area contributed by atoms with Crippen LogP contribution in [0.15, 0.2) is 36.4 Å². The zero-order chi connectivity index (χ0) is 17.4. The SMILES string of the molecule is CCCCCCN1C(=O)c2c3cc(OC)ccc3nc3cccc1c23. The summed E-state index contributed by atoms with van der Waals surface area (Å²) in [6.07, 6.45) is 4.58. The van der Waals surface area contributed by atoms with E-state index >= 15 is 0 Å². The molecule has 4 nitrogen and oxygen atoms in total. The maximum atomic E-state index is 13.2. The van der Waals surface area contributed by atoms with Gasteiger partial charge in [-0.3, -0.25) is 4.79 Å². The highest BCUT2D eigenvalue weighted by molar-refractivity contribution is 6.30. The van der Waals surface area contributed by atoms with Crippen molar-refractivity contribution in [3.8, 4) is 5.75 Å². The molecule has 4 heteroatoms. The average Bonchev–Trinajstić information content (AvgIpc) is 2.93. The number of fused-ring (bicyclic) bond motifs is 2. The number of carbonyl (C=O) groups excluding carboxylic acids is 1. The molecule has 0 unspecified atom stereocenters. The van der Waals surface area contributed by atoms with E-state index in [1.807, 2.05) is 41.3 Å². The zero-order valence-electron chi connectivity index (χ0n) is 14.7. The van der Waals surface area contributed by atoms with E-state index in [1.54, 1.807) is 7.11 Å². The van der Waals surface area contributed by atoms with Gasteiger partial charge in [-0.15, -0.1) is 0 Å². The highest BCUT2D eigenvalue weighted by atomic mass is 16.5. The lowest BCUT2D eigenvalue weighted by Gasteiger charge is -2.17. The molecule has 0 aliphatic carbocycles. The van der Waals surface area contributed by atoms with E-state index in [0.29, 0.717) is 0 Å². The summed E-state index contributed by atoms with van der Waals surface area (Å²) in [5.74, 6) is 0.833. The van der Waals surface area contributed by atoms with E-state index in [1.165, 1.54) is 12.8 Å². The normalized spacial score (nSPS) is 13.2. The highest BCUT2D eigenvalue weighted by Gasteiger charge is 2.32. The summed E-state index contributed by atoms with van der Waals surface area (Å²) in [4.78, 5) is 19.9. The molecule has 0 fully saturated rings. The molecule has 1 aliphatic rings. The van der Waals surface area contributed by atoms with Gasteiger partial charge < -0.3 is 9.64 Å². The molecule has 1 aromatic heterocycles. The molecule has 0 radical (unpaired) electrons. The smallest absolute Gasteiger partial charge is 0.259 e. The highest BCUT2D eigenvalue weighted by Crippen LogP contribution is 2.40. The van der Waals surface area contributed by atoms with E-state index < -0.39 is 0 Å². The van der Waals surface area contributed by atoms with Crippen LogP contribution < -0.4 is 9.64 Å².